The molecule has 6 rings (SSSR count). The van der Waals surface area contributed by atoms with Gasteiger partial charge in [-0.25, -0.2) is 4.39 Å². The van der Waals surface area contributed by atoms with Crippen molar-refractivity contribution in [1.29, 1.82) is 0 Å². The fourth-order valence-corrected chi connectivity index (χ4v) is 7.13. The predicted molar refractivity (Wildman–Crippen MR) is 176 cm³/mol. The van der Waals surface area contributed by atoms with Gasteiger partial charge in [0.15, 0.2) is 0 Å². The average molecular weight is 644 g/mol. The van der Waals surface area contributed by atoms with Gasteiger partial charge in [0.2, 0.25) is 0 Å². The first-order valence-corrected chi connectivity index (χ1v) is 16.2. The molecule has 2 heterocycles. The van der Waals surface area contributed by atoms with Gasteiger partial charge in [-0.15, -0.1) is 0 Å². The fourth-order valence-electron chi connectivity index (χ4n) is 7.13. The Morgan fingerprint density at radius 1 is 0.830 bits per heavy atom. The normalized spacial score (nSPS) is 26.8. The van der Waals surface area contributed by atoms with Gasteiger partial charge >= 0.3 is 0 Å². The van der Waals surface area contributed by atoms with Crippen LogP contribution in [0.4, 0.5) is 10.1 Å². The van der Waals surface area contributed by atoms with E-state index in [1.54, 1.807) is 30.3 Å². The van der Waals surface area contributed by atoms with Crippen LogP contribution in [0.5, 0.6) is 5.75 Å². The molecule has 0 saturated carbocycles. The van der Waals surface area contributed by atoms with Crippen LogP contribution in [-0.2, 0) is 4.74 Å². The highest BCUT2D eigenvalue weighted by molar-refractivity contribution is 5.67. The number of hydrogen-bond donors (Lipinski definition) is 6. The lowest BCUT2D eigenvalue weighted by molar-refractivity contribution is -0.231. The Morgan fingerprint density at radius 2 is 1.53 bits per heavy atom. The van der Waals surface area contributed by atoms with Crippen molar-refractivity contribution in [2.75, 3.05) is 18.1 Å². The molecule has 2 aliphatic heterocycles. The van der Waals surface area contributed by atoms with Crippen LogP contribution in [-0.4, -0.2) is 68.2 Å². The lowest BCUT2D eigenvalue weighted by Gasteiger charge is -2.40. The summed E-state index contributed by atoms with van der Waals surface area (Å²) in [5, 5.41) is 62.5. The number of phenols is 1. The quantitative estimate of drug-likeness (QED) is 0.139. The molecule has 47 heavy (non-hydrogen) atoms. The van der Waals surface area contributed by atoms with Gasteiger partial charge in [-0.1, -0.05) is 73.2 Å². The summed E-state index contributed by atoms with van der Waals surface area (Å²) < 4.78 is 19.0. The number of aliphatic hydroxyl groups excluding tert-OH is 5. The molecule has 0 bridgehead atoms. The number of para-hydroxylation sites is 1. The van der Waals surface area contributed by atoms with Crippen molar-refractivity contribution >= 4 is 5.69 Å². The summed E-state index contributed by atoms with van der Waals surface area (Å²) in [7, 11) is 0. The zero-order valence-electron chi connectivity index (χ0n) is 26.0. The first kappa shape index (κ1) is 33.1. The van der Waals surface area contributed by atoms with Crippen molar-refractivity contribution < 1.29 is 39.8 Å². The Hall–Kier alpha value is -3.83. The number of rotatable bonds is 10. The molecule has 248 valence electrons. The monoisotopic (exact) mass is 643 g/mol. The Bertz CT molecular complexity index is 1600. The summed E-state index contributed by atoms with van der Waals surface area (Å²) in [4.78, 5) is 2.34. The molecule has 8 unspecified atom stereocenters. The molecular formula is C38H42FNO7. The summed E-state index contributed by atoms with van der Waals surface area (Å²) >= 11 is 0. The first-order valence-electron chi connectivity index (χ1n) is 16.2. The number of nitrogens with zero attached hydrogens (tertiary/aromatic N) is 1. The number of hydrogen-bond acceptors (Lipinski definition) is 8. The van der Waals surface area contributed by atoms with E-state index in [4.69, 9.17) is 4.74 Å². The van der Waals surface area contributed by atoms with E-state index in [0.717, 1.165) is 48.2 Å². The molecule has 2 fully saturated rings. The van der Waals surface area contributed by atoms with Crippen LogP contribution in [0.3, 0.4) is 0 Å². The maximum absolute atomic E-state index is 13.3. The molecule has 0 spiro atoms. The van der Waals surface area contributed by atoms with E-state index in [1.165, 1.54) is 12.1 Å². The van der Waals surface area contributed by atoms with E-state index in [1.807, 2.05) is 42.5 Å². The van der Waals surface area contributed by atoms with E-state index in [9.17, 15) is 35.0 Å². The third-order valence-electron chi connectivity index (χ3n) is 9.73. The molecule has 8 nitrogen and oxygen atoms in total. The number of ether oxygens (including phenoxy) is 1. The van der Waals surface area contributed by atoms with E-state index in [2.05, 4.69) is 17.0 Å². The number of anilines is 1. The second kappa shape index (κ2) is 14.5. The van der Waals surface area contributed by atoms with Crippen molar-refractivity contribution in [1.82, 2.24) is 0 Å². The van der Waals surface area contributed by atoms with Gasteiger partial charge in [-0.05, 0) is 77.8 Å². The summed E-state index contributed by atoms with van der Waals surface area (Å²) in [5.74, 6) is 0.0987. The zero-order valence-corrected chi connectivity index (χ0v) is 26.0. The predicted octanol–water partition coefficient (Wildman–Crippen LogP) is 5.18. The molecule has 4 aromatic carbocycles. The van der Waals surface area contributed by atoms with E-state index in [0.29, 0.717) is 17.5 Å². The lowest BCUT2D eigenvalue weighted by atomic mass is 9.87. The Labute approximate surface area is 274 Å². The molecule has 0 aliphatic carbocycles. The molecule has 6 N–H and O–H groups in total. The Kier molecular flexibility index (Phi) is 10.2. The van der Waals surface area contributed by atoms with Crippen LogP contribution in [0, 0.1) is 11.7 Å². The summed E-state index contributed by atoms with van der Waals surface area (Å²) in [5.41, 5.74) is 4.83. The standard InChI is InChI=1S/C38H42FNO7/c39-28-16-13-24(14-17-28)31(42)8-4-5-25-19-20-40(29-6-2-1-3-7-29)34(25)30-18-15-27(21-32(30)43)23-9-11-26(12-10-23)38-37(46)36(45)35(44)33(22-41)47-38/h1-3,6-7,9-18,21,25,31,33-38,41-46H,4-5,8,19-20,22H2. The molecule has 4 aromatic rings. The van der Waals surface area contributed by atoms with Gasteiger partial charge in [-0.2, -0.15) is 0 Å². The lowest BCUT2D eigenvalue weighted by Crippen LogP contribution is -2.55. The van der Waals surface area contributed by atoms with Crippen molar-refractivity contribution in [3.8, 4) is 16.9 Å². The zero-order chi connectivity index (χ0) is 33.1. The first-order chi connectivity index (χ1) is 22.7. The Morgan fingerprint density at radius 3 is 2.21 bits per heavy atom. The maximum atomic E-state index is 13.3. The molecule has 2 saturated heterocycles. The van der Waals surface area contributed by atoms with Crippen LogP contribution in [0.25, 0.3) is 11.1 Å². The second-order valence-corrected chi connectivity index (χ2v) is 12.7. The van der Waals surface area contributed by atoms with Gasteiger partial charge in [-0.3, -0.25) is 0 Å². The van der Waals surface area contributed by atoms with Gasteiger partial charge in [0.1, 0.15) is 42.1 Å². The molecule has 2 aliphatic rings. The molecular weight excluding hydrogens is 601 g/mol. The maximum Gasteiger partial charge on any atom is 0.123 e. The van der Waals surface area contributed by atoms with Crippen molar-refractivity contribution in [2.45, 2.75) is 68.3 Å². The van der Waals surface area contributed by atoms with Gasteiger partial charge in [0, 0.05) is 17.8 Å². The van der Waals surface area contributed by atoms with Crippen LogP contribution in [0.2, 0.25) is 0 Å². The largest absolute Gasteiger partial charge is 0.508 e. The fraction of sp³-hybridized carbons (Fsp3) is 0.368. The van der Waals surface area contributed by atoms with Crippen molar-refractivity contribution in [3.63, 3.8) is 0 Å². The minimum absolute atomic E-state index is 0.0667. The topological polar surface area (TPSA) is 134 Å². The number of halogens is 1. The highest BCUT2D eigenvalue weighted by Gasteiger charge is 2.44. The number of phenolic OH excluding ortho intramolecular Hbond substituents is 1. The van der Waals surface area contributed by atoms with E-state index in [-0.39, 0.29) is 23.5 Å². The molecule has 9 heteroatoms. The third-order valence-corrected chi connectivity index (χ3v) is 9.73. The van der Waals surface area contributed by atoms with E-state index >= 15 is 0 Å². The van der Waals surface area contributed by atoms with Gasteiger partial charge in [0.05, 0.1) is 18.8 Å². The Balaban J connectivity index is 1.20. The molecule has 0 aromatic heterocycles. The molecule has 8 atom stereocenters. The third kappa shape index (κ3) is 7.06. The van der Waals surface area contributed by atoms with Crippen molar-refractivity contribution in [2.24, 2.45) is 5.92 Å². The minimum atomic E-state index is -1.45. The number of aliphatic hydroxyl groups is 5. The molecule has 0 amide bonds. The van der Waals surface area contributed by atoms with Crippen molar-refractivity contribution in [3.05, 3.63) is 120 Å². The molecule has 0 radical (unpaired) electrons. The van der Waals surface area contributed by atoms with Crippen LogP contribution in [0.1, 0.15) is 60.6 Å². The number of aromatic hydroxyl groups is 1. The smallest absolute Gasteiger partial charge is 0.123 e. The summed E-state index contributed by atoms with van der Waals surface area (Å²) in [6.45, 7) is 0.340. The minimum Gasteiger partial charge on any atom is -0.508 e. The van der Waals surface area contributed by atoms with Gasteiger partial charge in [0.25, 0.3) is 0 Å². The summed E-state index contributed by atoms with van der Waals surface area (Å²) in [6.07, 6.45) is -3.68. The second-order valence-electron chi connectivity index (χ2n) is 12.7. The van der Waals surface area contributed by atoms with Crippen LogP contribution in [0.15, 0.2) is 97.1 Å². The summed E-state index contributed by atoms with van der Waals surface area (Å²) in [6, 6.07) is 29.0. The van der Waals surface area contributed by atoms with Crippen LogP contribution < -0.4 is 4.90 Å². The average Bonchev–Trinajstić information content (AvgIpc) is 3.51. The van der Waals surface area contributed by atoms with E-state index < -0.39 is 43.2 Å². The highest BCUT2D eigenvalue weighted by Crippen LogP contribution is 2.46. The SMILES string of the molecule is OCC1OC(c2ccc(-c3ccc(C4C(CCCC(O)c5ccc(F)cc5)CCN4c4ccccc4)c(O)c3)cc2)C(O)C(O)C1O. The number of benzene rings is 4. The van der Waals surface area contributed by atoms with Gasteiger partial charge < -0.3 is 40.3 Å². The van der Waals surface area contributed by atoms with Crippen LogP contribution >= 0.6 is 0 Å². The highest BCUT2D eigenvalue weighted by atomic mass is 19.1.